The van der Waals surface area contributed by atoms with E-state index in [0.29, 0.717) is 12.4 Å². The number of aromatic nitrogens is 2. The van der Waals surface area contributed by atoms with E-state index < -0.39 is 11.6 Å². The average molecular weight is 314 g/mol. The lowest BCUT2D eigenvalue weighted by molar-refractivity contribution is -0.152. The minimum Gasteiger partial charge on any atom is -0.488 e. The molecule has 0 saturated heterocycles. The Morgan fingerprint density at radius 1 is 1.43 bits per heavy atom. The zero-order chi connectivity index (χ0) is 16.6. The summed E-state index contributed by atoms with van der Waals surface area (Å²) in [5.41, 5.74) is 0.503. The smallest absolute Gasteiger partial charge is 0.347 e. The van der Waals surface area contributed by atoms with Crippen LogP contribution in [0.3, 0.4) is 0 Å². The first-order valence-electron chi connectivity index (χ1n) is 7.24. The molecular formula is C17H18N2O4. The molecular weight excluding hydrogens is 296 g/mol. The molecule has 3 rings (SSSR count). The molecule has 0 fully saturated rings. The van der Waals surface area contributed by atoms with Gasteiger partial charge in [-0.1, -0.05) is 0 Å². The summed E-state index contributed by atoms with van der Waals surface area (Å²) in [6.07, 6.45) is 5.60. The third kappa shape index (κ3) is 2.92. The van der Waals surface area contributed by atoms with Crippen LogP contribution in [0.5, 0.6) is 11.5 Å². The van der Waals surface area contributed by atoms with Crippen LogP contribution in [0.4, 0.5) is 0 Å². The first-order valence-corrected chi connectivity index (χ1v) is 7.24. The van der Waals surface area contributed by atoms with Gasteiger partial charge in [0.2, 0.25) is 0 Å². The predicted molar refractivity (Wildman–Crippen MR) is 85.4 cm³/mol. The molecule has 120 valence electrons. The van der Waals surface area contributed by atoms with Crippen molar-refractivity contribution in [3.8, 4) is 11.5 Å². The number of aliphatic carboxylic acids is 1. The van der Waals surface area contributed by atoms with Crippen molar-refractivity contribution in [3.63, 3.8) is 0 Å². The predicted octanol–water partition coefficient (Wildman–Crippen LogP) is 2.60. The van der Waals surface area contributed by atoms with Crippen molar-refractivity contribution < 1.29 is 19.4 Å². The SMILES string of the molecule is Cn1ccnc1C1=Cc2cc(OC(C)(C)C(=O)O)ccc2OC1. The van der Waals surface area contributed by atoms with Crippen molar-refractivity contribution in [2.24, 2.45) is 7.05 Å². The highest BCUT2D eigenvalue weighted by molar-refractivity contribution is 5.84. The lowest BCUT2D eigenvalue weighted by Crippen LogP contribution is -2.37. The molecule has 2 heterocycles. The van der Waals surface area contributed by atoms with Crippen molar-refractivity contribution >= 4 is 17.6 Å². The summed E-state index contributed by atoms with van der Waals surface area (Å²) in [7, 11) is 1.92. The molecule has 0 unspecified atom stereocenters. The number of carboxylic acids is 1. The maximum atomic E-state index is 11.2. The Bertz CT molecular complexity index is 790. The van der Waals surface area contributed by atoms with Gasteiger partial charge in [0.1, 0.15) is 23.9 Å². The van der Waals surface area contributed by atoms with Gasteiger partial charge in [0.05, 0.1) is 0 Å². The monoisotopic (exact) mass is 314 g/mol. The zero-order valence-corrected chi connectivity index (χ0v) is 13.2. The molecule has 1 aliphatic rings. The molecule has 0 radical (unpaired) electrons. The van der Waals surface area contributed by atoms with Crippen LogP contribution in [0.15, 0.2) is 30.6 Å². The Kier molecular flexibility index (Phi) is 3.60. The van der Waals surface area contributed by atoms with Crippen LogP contribution in [0, 0.1) is 0 Å². The van der Waals surface area contributed by atoms with Gasteiger partial charge in [-0.05, 0) is 38.1 Å². The van der Waals surface area contributed by atoms with Gasteiger partial charge in [-0.15, -0.1) is 0 Å². The maximum absolute atomic E-state index is 11.2. The number of ether oxygens (including phenoxy) is 2. The summed E-state index contributed by atoms with van der Waals surface area (Å²) in [4.78, 5) is 15.5. The Labute approximate surface area is 134 Å². The average Bonchev–Trinajstić information content (AvgIpc) is 2.92. The number of carboxylic acid groups (broad SMARTS) is 1. The second-order valence-corrected chi connectivity index (χ2v) is 5.94. The van der Waals surface area contributed by atoms with E-state index in [-0.39, 0.29) is 0 Å². The molecule has 2 aromatic rings. The van der Waals surface area contributed by atoms with Gasteiger partial charge in [0.25, 0.3) is 0 Å². The molecule has 6 nitrogen and oxygen atoms in total. The minimum atomic E-state index is -1.30. The van der Waals surface area contributed by atoms with Crippen molar-refractivity contribution in [3.05, 3.63) is 42.0 Å². The Hall–Kier alpha value is -2.76. The van der Waals surface area contributed by atoms with Crippen molar-refractivity contribution in [1.82, 2.24) is 9.55 Å². The van der Waals surface area contributed by atoms with Crippen LogP contribution < -0.4 is 9.47 Å². The molecule has 1 aromatic carbocycles. The normalized spacial score (nSPS) is 13.8. The summed E-state index contributed by atoms with van der Waals surface area (Å²) in [5, 5.41) is 9.17. The molecule has 0 atom stereocenters. The third-order valence-corrected chi connectivity index (χ3v) is 3.69. The topological polar surface area (TPSA) is 73.6 Å². The van der Waals surface area contributed by atoms with E-state index in [1.165, 1.54) is 13.8 Å². The van der Waals surface area contributed by atoms with Crippen molar-refractivity contribution in [1.29, 1.82) is 0 Å². The number of carbonyl (C=O) groups is 1. The number of imidazole rings is 1. The van der Waals surface area contributed by atoms with Crippen LogP contribution in [0.25, 0.3) is 11.6 Å². The fourth-order valence-electron chi connectivity index (χ4n) is 2.36. The number of nitrogens with zero attached hydrogens (tertiary/aromatic N) is 2. The molecule has 0 amide bonds. The second kappa shape index (κ2) is 5.46. The number of fused-ring (bicyclic) bond motifs is 1. The van der Waals surface area contributed by atoms with Crippen molar-refractivity contribution in [2.75, 3.05) is 6.61 Å². The molecule has 23 heavy (non-hydrogen) atoms. The minimum absolute atomic E-state index is 0.443. The first kappa shape index (κ1) is 15.1. The number of aryl methyl sites for hydroxylation is 1. The van der Waals surface area contributed by atoms with Crippen LogP contribution in [0.2, 0.25) is 0 Å². The molecule has 0 aliphatic carbocycles. The fraction of sp³-hybridized carbons (Fsp3) is 0.294. The van der Waals surface area contributed by atoms with Gasteiger partial charge in [-0.3, -0.25) is 0 Å². The van der Waals surface area contributed by atoms with Crippen LogP contribution >= 0.6 is 0 Å². The molecule has 0 bridgehead atoms. The number of hydrogen-bond acceptors (Lipinski definition) is 4. The van der Waals surface area contributed by atoms with E-state index in [1.54, 1.807) is 24.4 Å². The third-order valence-electron chi connectivity index (χ3n) is 3.69. The summed E-state index contributed by atoms with van der Waals surface area (Å²) in [6, 6.07) is 5.28. The summed E-state index contributed by atoms with van der Waals surface area (Å²) < 4.78 is 13.3. The highest BCUT2D eigenvalue weighted by Crippen LogP contribution is 2.33. The van der Waals surface area contributed by atoms with E-state index in [2.05, 4.69) is 4.98 Å². The lowest BCUT2D eigenvalue weighted by Gasteiger charge is -2.23. The molecule has 0 saturated carbocycles. The Morgan fingerprint density at radius 3 is 2.87 bits per heavy atom. The fourth-order valence-corrected chi connectivity index (χ4v) is 2.36. The van der Waals surface area contributed by atoms with Gasteiger partial charge < -0.3 is 19.1 Å². The van der Waals surface area contributed by atoms with Gasteiger partial charge in [-0.25, -0.2) is 9.78 Å². The molecule has 1 aliphatic heterocycles. The van der Waals surface area contributed by atoms with Crippen LogP contribution in [-0.4, -0.2) is 32.8 Å². The number of rotatable bonds is 4. The van der Waals surface area contributed by atoms with E-state index >= 15 is 0 Å². The zero-order valence-electron chi connectivity index (χ0n) is 13.2. The quantitative estimate of drug-likeness (QED) is 0.939. The molecule has 0 spiro atoms. The van der Waals surface area contributed by atoms with Gasteiger partial charge in [0, 0.05) is 30.6 Å². The van der Waals surface area contributed by atoms with Crippen LogP contribution in [0.1, 0.15) is 25.2 Å². The molecule has 1 aromatic heterocycles. The summed E-state index contributed by atoms with van der Waals surface area (Å²) in [6.45, 7) is 3.47. The first-order chi connectivity index (χ1) is 10.9. The van der Waals surface area contributed by atoms with E-state index in [1.807, 2.05) is 23.9 Å². The van der Waals surface area contributed by atoms with Crippen molar-refractivity contribution in [2.45, 2.75) is 19.4 Å². The Morgan fingerprint density at radius 2 is 2.22 bits per heavy atom. The number of hydrogen-bond donors (Lipinski definition) is 1. The highest BCUT2D eigenvalue weighted by atomic mass is 16.5. The Balaban J connectivity index is 1.93. The maximum Gasteiger partial charge on any atom is 0.347 e. The van der Waals surface area contributed by atoms with Gasteiger partial charge in [-0.2, -0.15) is 0 Å². The summed E-state index contributed by atoms with van der Waals surface area (Å²) >= 11 is 0. The molecule has 6 heteroatoms. The van der Waals surface area contributed by atoms with Gasteiger partial charge >= 0.3 is 5.97 Å². The van der Waals surface area contributed by atoms with E-state index in [4.69, 9.17) is 14.6 Å². The highest BCUT2D eigenvalue weighted by Gasteiger charge is 2.29. The second-order valence-electron chi connectivity index (χ2n) is 5.94. The van der Waals surface area contributed by atoms with E-state index in [0.717, 1.165) is 22.7 Å². The lowest BCUT2D eigenvalue weighted by atomic mass is 10.1. The standard InChI is InChI=1S/C17H18N2O4/c1-17(2,16(20)21)23-13-4-5-14-11(9-13)8-12(10-22-14)15-18-6-7-19(15)3/h4-9H,10H2,1-3H3,(H,20,21). The largest absolute Gasteiger partial charge is 0.488 e. The van der Waals surface area contributed by atoms with E-state index in [9.17, 15) is 4.79 Å². The molecule has 1 N–H and O–H groups in total. The number of benzene rings is 1. The van der Waals surface area contributed by atoms with Gasteiger partial charge in [0.15, 0.2) is 5.60 Å². The summed E-state index contributed by atoms with van der Waals surface area (Å²) in [5.74, 6) is 1.05. The van der Waals surface area contributed by atoms with Crippen LogP contribution in [-0.2, 0) is 11.8 Å².